The lowest BCUT2D eigenvalue weighted by Gasteiger charge is -2.18. The number of aldehydes is 1. The number of nitrogens with zero attached hydrogens (tertiary/aromatic N) is 1. The Labute approximate surface area is 87.6 Å². The number of carbonyl (C=O) groups is 1. The number of carbonyl (C=O) groups excluding carboxylic acids is 1. The van der Waals surface area contributed by atoms with Gasteiger partial charge in [-0.2, -0.15) is 0 Å². The van der Waals surface area contributed by atoms with Crippen LogP contribution in [0.25, 0.3) is 0 Å². The van der Waals surface area contributed by atoms with Crippen molar-refractivity contribution in [2.75, 3.05) is 11.6 Å². The minimum atomic E-state index is -0.0611. The molecule has 1 aromatic rings. The van der Waals surface area contributed by atoms with E-state index >= 15 is 0 Å². The first kappa shape index (κ1) is 9.49. The lowest BCUT2D eigenvalue weighted by molar-refractivity contribution is -0.109. The number of anilines is 1. The van der Waals surface area contributed by atoms with Gasteiger partial charge in [0.25, 0.3) is 0 Å². The summed E-state index contributed by atoms with van der Waals surface area (Å²) in [6.07, 6.45) is 1.78. The standard InChI is InChI=1S/C10H11ClN2O/c11-8-2-1-3-10(6-8)13-5-4-9(7-14)12-13/h1-3,6-7,9,12H,4-5H2. The highest BCUT2D eigenvalue weighted by Crippen LogP contribution is 2.20. The van der Waals surface area contributed by atoms with E-state index in [0.717, 1.165) is 24.9 Å². The first-order valence-corrected chi connectivity index (χ1v) is 4.92. The van der Waals surface area contributed by atoms with Gasteiger partial charge in [-0.05, 0) is 24.6 Å². The van der Waals surface area contributed by atoms with Crippen LogP contribution in [0.1, 0.15) is 6.42 Å². The second kappa shape index (κ2) is 3.98. The molecule has 1 aromatic carbocycles. The Bertz CT molecular complexity index is 343. The Morgan fingerprint density at radius 1 is 1.57 bits per heavy atom. The average Bonchev–Trinajstić information content (AvgIpc) is 2.66. The zero-order chi connectivity index (χ0) is 9.97. The van der Waals surface area contributed by atoms with Gasteiger partial charge >= 0.3 is 0 Å². The SMILES string of the molecule is O=CC1CCN(c2cccc(Cl)c2)N1. The van der Waals surface area contributed by atoms with Gasteiger partial charge in [-0.15, -0.1) is 0 Å². The zero-order valence-corrected chi connectivity index (χ0v) is 8.37. The minimum Gasteiger partial charge on any atom is -0.308 e. The third-order valence-electron chi connectivity index (χ3n) is 2.27. The van der Waals surface area contributed by atoms with E-state index in [1.165, 1.54) is 0 Å². The van der Waals surface area contributed by atoms with E-state index in [2.05, 4.69) is 5.43 Å². The summed E-state index contributed by atoms with van der Waals surface area (Å²) >= 11 is 5.87. The number of hydrogen-bond donors (Lipinski definition) is 1. The molecule has 1 atom stereocenters. The lowest BCUT2D eigenvalue weighted by atomic mass is 10.3. The van der Waals surface area contributed by atoms with E-state index in [0.29, 0.717) is 5.02 Å². The number of nitrogens with one attached hydrogen (secondary N) is 1. The van der Waals surface area contributed by atoms with Gasteiger partial charge in [0, 0.05) is 11.6 Å². The molecule has 0 radical (unpaired) electrons. The molecule has 0 aromatic heterocycles. The molecule has 1 aliphatic heterocycles. The van der Waals surface area contributed by atoms with Crippen LogP contribution in [0, 0.1) is 0 Å². The van der Waals surface area contributed by atoms with Crippen molar-refractivity contribution in [3.8, 4) is 0 Å². The minimum absolute atomic E-state index is 0.0611. The van der Waals surface area contributed by atoms with Crippen molar-refractivity contribution < 1.29 is 4.79 Å². The Balaban J connectivity index is 2.13. The summed E-state index contributed by atoms with van der Waals surface area (Å²) < 4.78 is 0. The summed E-state index contributed by atoms with van der Waals surface area (Å²) in [6, 6.07) is 7.51. The van der Waals surface area contributed by atoms with Crippen LogP contribution in [0.5, 0.6) is 0 Å². The molecule has 0 amide bonds. The molecule has 0 aliphatic carbocycles. The number of hydrogen-bond acceptors (Lipinski definition) is 3. The Morgan fingerprint density at radius 3 is 3.07 bits per heavy atom. The first-order valence-electron chi connectivity index (χ1n) is 4.54. The average molecular weight is 211 g/mol. The molecule has 1 N–H and O–H groups in total. The van der Waals surface area contributed by atoms with E-state index in [1.54, 1.807) is 0 Å². The van der Waals surface area contributed by atoms with E-state index in [9.17, 15) is 4.79 Å². The molecule has 1 fully saturated rings. The maximum absolute atomic E-state index is 10.5. The van der Waals surface area contributed by atoms with Gasteiger partial charge in [0.2, 0.25) is 0 Å². The maximum atomic E-state index is 10.5. The van der Waals surface area contributed by atoms with Crippen molar-refractivity contribution in [2.24, 2.45) is 0 Å². The number of benzene rings is 1. The third kappa shape index (κ3) is 1.89. The maximum Gasteiger partial charge on any atom is 0.138 e. The van der Waals surface area contributed by atoms with Crippen LogP contribution in [-0.4, -0.2) is 18.9 Å². The zero-order valence-electron chi connectivity index (χ0n) is 7.61. The van der Waals surface area contributed by atoms with Gasteiger partial charge < -0.3 is 9.80 Å². The third-order valence-corrected chi connectivity index (χ3v) is 2.50. The summed E-state index contributed by atoms with van der Waals surface area (Å²) in [5.41, 5.74) is 4.09. The molecular weight excluding hydrogens is 200 g/mol. The van der Waals surface area contributed by atoms with Gasteiger partial charge in [-0.25, -0.2) is 5.43 Å². The highest BCUT2D eigenvalue weighted by Gasteiger charge is 2.20. The Kier molecular flexibility index (Phi) is 2.70. The Morgan fingerprint density at radius 2 is 2.43 bits per heavy atom. The molecule has 74 valence electrons. The van der Waals surface area contributed by atoms with Crippen molar-refractivity contribution >= 4 is 23.6 Å². The quantitative estimate of drug-likeness (QED) is 0.753. The molecular formula is C10H11ClN2O. The molecule has 3 nitrogen and oxygen atoms in total. The van der Waals surface area contributed by atoms with E-state index in [-0.39, 0.29) is 6.04 Å². The van der Waals surface area contributed by atoms with Crippen LogP contribution in [-0.2, 0) is 4.79 Å². The van der Waals surface area contributed by atoms with Crippen LogP contribution >= 0.6 is 11.6 Å². The van der Waals surface area contributed by atoms with Gasteiger partial charge in [-0.3, -0.25) is 0 Å². The number of halogens is 1. The van der Waals surface area contributed by atoms with Crippen LogP contribution in [0.3, 0.4) is 0 Å². The number of hydrazine groups is 1. The second-order valence-corrected chi connectivity index (χ2v) is 3.73. The fourth-order valence-electron chi connectivity index (χ4n) is 1.54. The summed E-state index contributed by atoms with van der Waals surface area (Å²) in [5.74, 6) is 0. The Hall–Kier alpha value is -1.06. The van der Waals surface area contributed by atoms with E-state index in [1.807, 2.05) is 29.3 Å². The van der Waals surface area contributed by atoms with Crippen LogP contribution in [0.4, 0.5) is 5.69 Å². The van der Waals surface area contributed by atoms with Gasteiger partial charge in [0.1, 0.15) is 6.29 Å². The molecule has 1 aliphatic rings. The van der Waals surface area contributed by atoms with Crippen LogP contribution < -0.4 is 10.4 Å². The van der Waals surface area contributed by atoms with Gasteiger partial charge in [0.15, 0.2) is 0 Å². The largest absolute Gasteiger partial charge is 0.308 e. The lowest BCUT2D eigenvalue weighted by Crippen LogP contribution is -2.36. The van der Waals surface area contributed by atoms with Crippen LogP contribution in [0.2, 0.25) is 5.02 Å². The normalized spacial score (nSPS) is 21.2. The molecule has 0 saturated carbocycles. The summed E-state index contributed by atoms with van der Waals surface area (Å²) in [4.78, 5) is 10.5. The van der Waals surface area contributed by atoms with E-state index < -0.39 is 0 Å². The van der Waals surface area contributed by atoms with Gasteiger partial charge in [-0.1, -0.05) is 17.7 Å². The van der Waals surface area contributed by atoms with Gasteiger partial charge in [0.05, 0.1) is 11.7 Å². The molecule has 2 rings (SSSR count). The highest BCUT2D eigenvalue weighted by atomic mass is 35.5. The highest BCUT2D eigenvalue weighted by molar-refractivity contribution is 6.30. The first-order chi connectivity index (χ1) is 6.79. The molecule has 14 heavy (non-hydrogen) atoms. The molecule has 1 saturated heterocycles. The fourth-order valence-corrected chi connectivity index (χ4v) is 1.73. The summed E-state index contributed by atoms with van der Waals surface area (Å²) in [6.45, 7) is 0.837. The summed E-state index contributed by atoms with van der Waals surface area (Å²) in [5, 5.41) is 2.66. The van der Waals surface area contributed by atoms with Crippen molar-refractivity contribution in [3.05, 3.63) is 29.3 Å². The molecule has 1 heterocycles. The molecule has 1 unspecified atom stereocenters. The monoisotopic (exact) mass is 210 g/mol. The predicted molar refractivity (Wildman–Crippen MR) is 56.4 cm³/mol. The number of rotatable bonds is 2. The molecule has 4 heteroatoms. The van der Waals surface area contributed by atoms with Crippen molar-refractivity contribution in [2.45, 2.75) is 12.5 Å². The smallest absolute Gasteiger partial charge is 0.138 e. The van der Waals surface area contributed by atoms with Crippen molar-refractivity contribution in [1.82, 2.24) is 5.43 Å². The topological polar surface area (TPSA) is 32.3 Å². The van der Waals surface area contributed by atoms with Crippen molar-refractivity contribution in [3.63, 3.8) is 0 Å². The molecule has 0 bridgehead atoms. The molecule has 0 spiro atoms. The van der Waals surface area contributed by atoms with E-state index in [4.69, 9.17) is 11.6 Å². The van der Waals surface area contributed by atoms with Crippen molar-refractivity contribution in [1.29, 1.82) is 0 Å². The predicted octanol–water partition coefficient (Wildman–Crippen LogP) is 1.62. The fraction of sp³-hybridized carbons (Fsp3) is 0.300. The second-order valence-electron chi connectivity index (χ2n) is 3.29. The van der Waals surface area contributed by atoms with Crippen LogP contribution in [0.15, 0.2) is 24.3 Å². The summed E-state index contributed by atoms with van der Waals surface area (Å²) in [7, 11) is 0.